The molecule has 1 saturated heterocycles. The molecular weight excluding hydrogens is 282 g/mol. The molecule has 1 atom stereocenters. The van der Waals surface area contributed by atoms with Crippen molar-refractivity contribution in [3.05, 3.63) is 27.9 Å². The summed E-state index contributed by atoms with van der Waals surface area (Å²) in [4.78, 5) is 38.8. The molecule has 0 radical (unpaired) electrons. The second-order valence-corrected chi connectivity index (χ2v) is 4.34. The maximum atomic E-state index is 11.5. The number of rotatable bonds is 4. The second kappa shape index (κ2) is 5.73. The molecule has 1 unspecified atom stereocenters. The zero-order valence-corrected chi connectivity index (χ0v) is 11.4. The van der Waals surface area contributed by atoms with E-state index >= 15 is 0 Å². The summed E-state index contributed by atoms with van der Waals surface area (Å²) in [6, 6.07) is 0.492. The minimum absolute atomic E-state index is 0.0249. The van der Waals surface area contributed by atoms with Gasteiger partial charge in [0.2, 0.25) is 5.82 Å². The monoisotopic (exact) mass is 295 g/mol. The van der Waals surface area contributed by atoms with Gasteiger partial charge in [-0.15, -0.1) is 0 Å². The van der Waals surface area contributed by atoms with Gasteiger partial charge in [0.25, 0.3) is 0 Å². The molecular formula is C12H13N3O6. The lowest BCUT2D eigenvalue weighted by molar-refractivity contribution is -0.384. The van der Waals surface area contributed by atoms with Crippen LogP contribution < -0.4 is 4.90 Å². The van der Waals surface area contributed by atoms with Crippen molar-refractivity contribution in [1.29, 1.82) is 0 Å². The molecule has 21 heavy (non-hydrogen) atoms. The molecule has 0 aromatic carbocycles. The topological polar surface area (TPSA) is 112 Å². The van der Waals surface area contributed by atoms with Gasteiger partial charge in [-0.2, -0.15) is 0 Å². The van der Waals surface area contributed by atoms with Crippen LogP contribution >= 0.6 is 0 Å². The second-order valence-electron chi connectivity index (χ2n) is 4.34. The molecule has 0 N–H and O–H groups in total. The predicted octanol–water partition coefficient (Wildman–Crippen LogP) is 0.528. The van der Waals surface area contributed by atoms with Crippen molar-refractivity contribution in [3.63, 3.8) is 0 Å². The lowest BCUT2D eigenvalue weighted by atomic mass is 10.0. The summed E-state index contributed by atoms with van der Waals surface area (Å²) >= 11 is 0. The highest BCUT2D eigenvalue weighted by atomic mass is 16.6. The van der Waals surface area contributed by atoms with E-state index in [9.17, 15) is 19.7 Å². The van der Waals surface area contributed by atoms with Crippen LogP contribution in [0.2, 0.25) is 0 Å². The molecule has 9 heteroatoms. The fourth-order valence-corrected chi connectivity index (χ4v) is 2.05. The van der Waals surface area contributed by atoms with Crippen LogP contribution in [0.3, 0.4) is 0 Å². The van der Waals surface area contributed by atoms with Crippen LogP contribution in [0.4, 0.5) is 11.5 Å². The summed E-state index contributed by atoms with van der Waals surface area (Å²) in [6.45, 7) is 0.450. The van der Waals surface area contributed by atoms with Crippen LogP contribution in [0.25, 0.3) is 0 Å². The fourth-order valence-electron chi connectivity index (χ4n) is 2.05. The first-order valence-electron chi connectivity index (χ1n) is 6.06. The van der Waals surface area contributed by atoms with Crippen LogP contribution in [0.5, 0.6) is 0 Å². The lowest BCUT2D eigenvalue weighted by Gasteiger charge is -2.39. The highest BCUT2D eigenvalue weighted by molar-refractivity contribution is 5.91. The summed E-state index contributed by atoms with van der Waals surface area (Å²) in [5.74, 6) is -1.16. The molecule has 0 amide bonds. The van der Waals surface area contributed by atoms with Crippen molar-refractivity contribution in [3.8, 4) is 0 Å². The molecule has 1 aromatic rings. The largest absolute Gasteiger partial charge is 0.467 e. The summed E-state index contributed by atoms with van der Waals surface area (Å²) in [5, 5.41) is 11.1. The molecule has 1 aliphatic rings. The number of ether oxygens (including phenoxy) is 2. The number of nitrogens with zero attached hydrogens (tertiary/aromatic N) is 3. The summed E-state index contributed by atoms with van der Waals surface area (Å²) < 4.78 is 9.13. The zero-order valence-electron chi connectivity index (χ0n) is 11.4. The van der Waals surface area contributed by atoms with E-state index in [1.54, 1.807) is 0 Å². The van der Waals surface area contributed by atoms with Gasteiger partial charge in [-0.3, -0.25) is 10.1 Å². The minimum atomic E-state index is -0.717. The molecule has 1 fully saturated rings. The normalized spacial score (nSPS) is 16.9. The zero-order chi connectivity index (χ0) is 15.6. The van der Waals surface area contributed by atoms with Crippen LogP contribution in [-0.2, 0) is 14.3 Å². The van der Waals surface area contributed by atoms with E-state index in [1.807, 2.05) is 0 Å². The number of methoxy groups -OCH3 is 2. The number of nitro groups is 1. The maximum Gasteiger partial charge on any atom is 0.339 e. The highest BCUT2D eigenvalue weighted by Gasteiger charge is 2.39. The average Bonchev–Trinajstić information content (AvgIpc) is 2.45. The Kier molecular flexibility index (Phi) is 4.01. The van der Waals surface area contributed by atoms with E-state index in [-0.39, 0.29) is 17.1 Å². The standard InChI is InChI=1S/C12H13N3O6/c1-20-11(16)7-5-9(15(18)19)10(13-6-7)14-4-3-8(14)12(17)21-2/h5-6,8H,3-4H2,1-2H3. The number of hydrogen-bond acceptors (Lipinski definition) is 8. The average molecular weight is 295 g/mol. The van der Waals surface area contributed by atoms with Crippen molar-refractivity contribution in [2.45, 2.75) is 12.5 Å². The van der Waals surface area contributed by atoms with Crippen molar-refractivity contribution < 1.29 is 24.0 Å². The summed E-state index contributed by atoms with van der Waals surface area (Å²) in [7, 11) is 2.42. The Labute approximate surface area is 119 Å². The molecule has 0 saturated carbocycles. The Morgan fingerprint density at radius 2 is 2.14 bits per heavy atom. The first-order valence-corrected chi connectivity index (χ1v) is 6.06. The van der Waals surface area contributed by atoms with E-state index in [0.717, 1.165) is 6.07 Å². The van der Waals surface area contributed by atoms with Gasteiger partial charge >= 0.3 is 17.6 Å². The molecule has 1 aromatic heterocycles. The van der Waals surface area contributed by atoms with Gasteiger partial charge in [-0.1, -0.05) is 0 Å². The van der Waals surface area contributed by atoms with Gasteiger partial charge in [0.05, 0.1) is 24.7 Å². The van der Waals surface area contributed by atoms with Crippen LogP contribution in [0, 0.1) is 10.1 Å². The van der Waals surface area contributed by atoms with Gasteiger partial charge in [0.15, 0.2) is 0 Å². The minimum Gasteiger partial charge on any atom is -0.467 e. The molecule has 112 valence electrons. The van der Waals surface area contributed by atoms with E-state index in [4.69, 9.17) is 0 Å². The molecule has 0 aliphatic carbocycles. The van der Waals surface area contributed by atoms with Gasteiger partial charge < -0.3 is 14.4 Å². The van der Waals surface area contributed by atoms with E-state index < -0.39 is 22.9 Å². The number of anilines is 1. The summed E-state index contributed by atoms with van der Waals surface area (Å²) in [5.41, 5.74) is -0.380. The van der Waals surface area contributed by atoms with E-state index in [2.05, 4.69) is 14.5 Å². The number of hydrogen-bond donors (Lipinski definition) is 0. The SMILES string of the molecule is COC(=O)c1cnc(N2CCC2C(=O)OC)c([N+](=O)[O-])c1. The molecule has 2 rings (SSSR count). The Morgan fingerprint density at radius 3 is 2.62 bits per heavy atom. The number of pyridine rings is 1. The van der Waals surface area contributed by atoms with Crippen molar-refractivity contribution in [2.24, 2.45) is 0 Å². The van der Waals surface area contributed by atoms with Gasteiger partial charge in [0, 0.05) is 18.8 Å². The number of carbonyl (C=O) groups is 2. The molecule has 0 spiro atoms. The fraction of sp³-hybridized carbons (Fsp3) is 0.417. The Bertz CT molecular complexity index is 603. The van der Waals surface area contributed by atoms with E-state index in [0.29, 0.717) is 13.0 Å². The predicted molar refractivity (Wildman–Crippen MR) is 70.0 cm³/mol. The van der Waals surface area contributed by atoms with Gasteiger partial charge in [-0.05, 0) is 6.42 Å². The summed E-state index contributed by atoms with van der Waals surface area (Å²) in [6.07, 6.45) is 1.71. The van der Waals surface area contributed by atoms with Gasteiger partial charge in [0.1, 0.15) is 6.04 Å². The third kappa shape index (κ3) is 2.62. The van der Waals surface area contributed by atoms with Gasteiger partial charge in [-0.25, -0.2) is 14.6 Å². The van der Waals surface area contributed by atoms with Crippen LogP contribution in [0.1, 0.15) is 16.8 Å². The van der Waals surface area contributed by atoms with Crippen LogP contribution in [-0.4, -0.2) is 48.7 Å². The van der Waals surface area contributed by atoms with Crippen molar-refractivity contribution >= 4 is 23.4 Å². The number of esters is 2. The molecule has 0 bridgehead atoms. The molecule has 1 aliphatic heterocycles. The quantitative estimate of drug-likeness (QED) is 0.449. The first kappa shape index (κ1) is 14.7. The third-order valence-corrected chi connectivity index (χ3v) is 3.23. The Balaban J connectivity index is 2.38. The van der Waals surface area contributed by atoms with E-state index in [1.165, 1.54) is 25.3 Å². The lowest BCUT2D eigenvalue weighted by Crippen LogP contribution is -2.53. The number of aromatic nitrogens is 1. The Morgan fingerprint density at radius 1 is 1.43 bits per heavy atom. The maximum absolute atomic E-state index is 11.5. The van der Waals surface area contributed by atoms with Crippen molar-refractivity contribution in [1.82, 2.24) is 4.98 Å². The smallest absolute Gasteiger partial charge is 0.339 e. The molecule has 2 heterocycles. The first-order chi connectivity index (χ1) is 9.99. The number of carbonyl (C=O) groups excluding carboxylic acids is 2. The third-order valence-electron chi connectivity index (χ3n) is 3.23. The Hall–Kier alpha value is -2.71. The molecule has 9 nitrogen and oxygen atoms in total. The van der Waals surface area contributed by atoms with Crippen LogP contribution in [0.15, 0.2) is 12.3 Å². The highest BCUT2D eigenvalue weighted by Crippen LogP contribution is 2.33. The van der Waals surface area contributed by atoms with Crippen molar-refractivity contribution in [2.75, 3.05) is 25.7 Å².